The van der Waals surface area contributed by atoms with Crippen LogP contribution in [0.15, 0.2) is 34.9 Å². The normalized spacial score (nSPS) is 17.2. The molecule has 24 heavy (non-hydrogen) atoms. The summed E-state index contributed by atoms with van der Waals surface area (Å²) in [4.78, 5) is 14.5. The summed E-state index contributed by atoms with van der Waals surface area (Å²) in [5, 5.41) is 12.7. The lowest BCUT2D eigenvalue weighted by molar-refractivity contribution is -0.135. The van der Waals surface area contributed by atoms with Gasteiger partial charge in [0.05, 0.1) is 25.7 Å². The van der Waals surface area contributed by atoms with Gasteiger partial charge in [-0.2, -0.15) is 0 Å². The Morgan fingerprint density at radius 1 is 1.38 bits per heavy atom. The molecule has 0 spiro atoms. The van der Waals surface area contributed by atoms with Crippen LogP contribution in [0.25, 0.3) is 0 Å². The van der Waals surface area contributed by atoms with Crippen LogP contribution < -0.4 is 10.1 Å². The number of ether oxygens (including phenoxy) is 2. The molecule has 1 heterocycles. The standard InChI is InChI=1S/C17H24N2O4S/c1-4-23-14-7-5-13(6-8-14)18-11-15-19(9-10-20)12(2)16(24-15)17(21)22-3/h5-8,15,18,20H,4,9-11H2,1-3H3. The van der Waals surface area contributed by atoms with Gasteiger partial charge < -0.3 is 24.8 Å². The topological polar surface area (TPSA) is 71.0 Å². The van der Waals surface area contributed by atoms with Crippen molar-refractivity contribution in [3.63, 3.8) is 0 Å². The number of hydrogen-bond donors (Lipinski definition) is 2. The van der Waals surface area contributed by atoms with Gasteiger partial charge in [0.25, 0.3) is 0 Å². The molecular weight excluding hydrogens is 328 g/mol. The summed E-state index contributed by atoms with van der Waals surface area (Å²) in [5.41, 5.74) is 1.83. The molecule has 0 saturated carbocycles. The highest BCUT2D eigenvalue weighted by Gasteiger charge is 2.33. The molecule has 0 aliphatic carbocycles. The molecule has 2 N–H and O–H groups in total. The number of esters is 1. The van der Waals surface area contributed by atoms with Crippen LogP contribution in [0.3, 0.4) is 0 Å². The van der Waals surface area contributed by atoms with E-state index in [1.165, 1.54) is 18.9 Å². The van der Waals surface area contributed by atoms with E-state index in [0.717, 1.165) is 17.1 Å². The van der Waals surface area contributed by atoms with E-state index in [1.54, 1.807) is 0 Å². The van der Waals surface area contributed by atoms with E-state index in [0.29, 0.717) is 24.6 Å². The summed E-state index contributed by atoms with van der Waals surface area (Å²) in [6.07, 6.45) is 0. The molecule has 1 atom stereocenters. The zero-order valence-electron chi connectivity index (χ0n) is 14.2. The Morgan fingerprint density at radius 3 is 2.67 bits per heavy atom. The number of nitrogens with zero attached hydrogens (tertiary/aromatic N) is 1. The Labute approximate surface area is 146 Å². The van der Waals surface area contributed by atoms with Gasteiger partial charge in [-0.05, 0) is 38.1 Å². The number of nitrogens with one attached hydrogen (secondary N) is 1. The molecule has 6 nitrogen and oxygen atoms in total. The maximum Gasteiger partial charge on any atom is 0.346 e. The summed E-state index contributed by atoms with van der Waals surface area (Å²) in [6.45, 7) is 5.62. The van der Waals surface area contributed by atoms with Gasteiger partial charge in [0, 0.05) is 24.5 Å². The number of aliphatic hydroxyl groups is 1. The third-order valence-corrected chi connectivity index (χ3v) is 5.11. The van der Waals surface area contributed by atoms with Gasteiger partial charge in [0.1, 0.15) is 10.7 Å². The van der Waals surface area contributed by atoms with Gasteiger partial charge >= 0.3 is 5.97 Å². The van der Waals surface area contributed by atoms with E-state index < -0.39 is 0 Å². The zero-order valence-corrected chi connectivity index (χ0v) is 15.1. The lowest BCUT2D eigenvalue weighted by Gasteiger charge is -2.27. The van der Waals surface area contributed by atoms with Crippen LogP contribution in [0.2, 0.25) is 0 Å². The van der Waals surface area contributed by atoms with Gasteiger partial charge in [-0.1, -0.05) is 11.8 Å². The molecule has 1 aliphatic heterocycles. The fourth-order valence-corrected chi connectivity index (χ4v) is 3.83. The molecule has 132 valence electrons. The highest BCUT2D eigenvalue weighted by molar-refractivity contribution is 8.04. The van der Waals surface area contributed by atoms with E-state index >= 15 is 0 Å². The number of β-amino-alcohol motifs (C(OH)–C–C–N with tert-alkyl or cyclic N) is 1. The quantitative estimate of drug-likeness (QED) is 0.696. The molecule has 0 amide bonds. The predicted molar refractivity (Wildman–Crippen MR) is 96.0 cm³/mol. The van der Waals surface area contributed by atoms with Gasteiger partial charge in [-0.25, -0.2) is 4.79 Å². The number of anilines is 1. The first-order chi connectivity index (χ1) is 11.6. The van der Waals surface area contributed by atoms with Gasteiger partial charge in [-0.15, -0.1) is 0 Å². The molecule has 1 aromatic rings. The molecule has 0 bridgehead atoms. The van der Waals surface area contributed by atoms with Crippen molar-refractivity contribution >= 4 is 23.4 Å². The molecule has 0 fully saturated rings. The number of carbonyl (C=O) groups excluding carboxylic acids is 1. The average molecular weight is 352 g/mol. The van der Waals surface area contributed by atoms with Crippen LogP contribution >= 0.6 is 11.8 Å². The summed E-state index contributed by atoms with van der Waals surface area (Å²) < 4.78 is 10.3. The minimum Gasteiger partial charge on any atom is -0.494 e. The molecule has 1 unspecified atom stereocenters. The minimum absolute atomic E-state index is 0.0258. The Bertz CT molecular complexity index is 589. The first kappa shape index (κ1) is 18.5. The lowest BCUT2D eigenvalue weighted by atomic mass is 10.3. The Hall–Kier alpha value is -1.86. The molecule has 0 radical (unpaired) electrons. The number of methoxy groups -OCH3 is 1. The van der Waals surface area contributed by atoms with Crippen LogP contribution in [0, 0.1) is 0 Å². The van der Waals surface area contributed by atoms with Crippen molar-refractivity contribution in [2.45, 2.75) is 19.2 Å². The van der Waals surface area contributed by atoms with Crippen molar-refractivity contribution in [2.24, 2.45) is 0 Å². The molecule has 0 aromatic heterocycles. The van der Waals surface area contributed by atoms with E-state index in [1.807, 2.05) is 43.0 Å². The van der Waals surface area contributed by atoms with Crippen LogP contribution in [-0.2, 0) is 9.53 Å². The molecule has 7 heteroatoms. The predicted octanol–water partition coefficient (Wildman–Crippen LogP) is 2.27. The van der Waals surface area contributed by atoms with Crippen molar-refractivity contribution in [1.82, 2.24) is 4.90 Å². The number of hydrogen-bond acceptors (Lipinski definition) is 7. The molecule has 2 rings (SSSR count). The first-order valence-electron chi connectivity index (χ1n) is 7.90. The Morgan fingerprint density at radius 2 is 2.08 bits per heavy atom. The van der Waals surface area contributed by atoms with E-state index in [9.17, 15) is 9.90 Å². The van der Waals surface area contributed by atoms with Crippen molar-refractivity contribution in [1.29, 1.82) is 0 Å². The average Bonchev–Trinajstić information content (AvgIpc) is 2.91. The molecule has 0 saturated heterocycles. The fourth-order valence-electron chi connectivity index (χ4n) is 2.53. The third-order valence-electron chi connectivity index (χ3n) is 3.72. The van der Waals surface area contributed by atoms with Crippen molar-refractivity contribution in [3.8, 4) is 5.75 Å². The number of rotatable bonds is 8. The minimum atomic E-state index is -0.330. The second-order valence-corrected chi connectivity index (χ2v) is 6.42. The largest absolute Gasteiger partial charge is 0.494 e. The zero-order chi connectivity index (χ0) is 17.5. The van der Waals surface area contributed by atoms with E-state index in [2.05, 4.69) is 5.32 Å². The van der Waals surface area contributed by atoms with Crippen molar-refractivity contribution in [3.05, 3.63) is 34.9 Å². The summed E-state index contributed by atoms with van der Waals surface area (Å²) in [6, 6.07) is 7.76. The number of benzene rings is 1. The second kappa shape index (κ2) is 8.84. The molecular formula is C17H24N2O4S. The van der Waals surface area contributed by atoms with Crippen LogP contribution in [-0.4, -0.2) is 54.8 Å². The highest BCUT2D eigenvalue weighted by Crippen LogP contribution is 2.38. The van der Waals surface area contributed by atoms with Crippen molar-refractivity contribution < 1.29 is 19.4 Å². The number of carbonyl (C=O) groups is 1. The van der Waals surface area contributed by atoms with Crippen LogP contribution in [0.5, 0.6) is 5.75 Å². The fraction of sp³-hybridized carbons (Fsp3) is 0.471. The Kier molecular flexibility index (Phi) is 6.81. The number of allylic oxidation sites excluding steroid dienone is 1. The number of aliphatic hydroxyl groups excluding tert-OH is 1. The maximum absolute atomic E-state index is 11.9. The maximum atomic E-state index is 11.9. The Balaban J connectivity index is 1.99. The monoisotopic (exact) mass is 352 g/mol. The van der Waals surface area contributed by atoms with E-state index in [4.69, 9.17) is 9.47 Å². The van der Waals surface area contributed by atoms with Crippen LogP contribution in [0.4, 0.5) is 5.69 Å². The van der Waals surface area contributed by atoms with Gasteiger partial charge in [0.2, 0.25) is 0 Å². The molecule has 1 aromatic carbocycles. The summed E-state index contributed by atoms with van der Waals surface area (Å²) in [5.74, 6) is 0.509. The first-order valence-corrected chi connectivity index (χ1v) is 8.78. The third kappa shape index (κ3) is 4.36. The summed E-state index contributed by atoms with van der Waals surface area (Å²) in [7, 11) is 1.38. The highest BCUT2D eigenvalue weighted by atomic mass is 32.2. The second-order valence-electron chi connectivity index (χ2n) is 5.23. The smallest absolute Gasteiger partial charge is 0.346 e. The van der Waals surface area contributed by atoms with Crippen molar-refractivity contribution in [2.75, 3.05) is 38.7 Å². The lowest BCUT2D eigenvalue weighted by Crippen LogP contribution is -2.35. The van der Waals surface area contributed by atoms with E-state index in [-0.39, 0.29) is 18.0 Å². The van der Waals surface area contributed by atoms with Crippen LogP contribution in [0.1, 0.15) is 13.8 Å². The van der Waals surface area contributed by atoms with Gasteiger partial charge in [0.15, 0.2) is 0 Å². The SMILES string of the molecule is CCOc1ccc(NCC2SC(C(=O)OC)=C(C)N2CCO)cc1. The molecule has 1 aliphatic rings. The van der Waals surface area contributed by atoms with Gasteiger partial charge in [-0.3, -0.25) is 0 Å². The number of thioether (sulfide) groups is 1. The summed E-state index contributed by atoms with van der Waals surface area (Å²) >= 11 is 1.46.